The van der Waals surface area contributed by atoms with Crippen LogP contribution in [0.3, 0.4) is 0 Å². The van der Waals surface area contributed by atoms with Gasteiger partial charge in [-0.1, -0.05) is 36.1 Å². The van der Waals surface area contributed by atoms with Crippen LogP contribution in [0, 0.1) is 0 Å². The molecule has 0 aliphatic carbocycles. The lowest BCUT2D eigenvalue weighted by molar-refractivity contribution is -0.148. The summed E-state index contributed by atoms with van der Waals surface area (Å²) < 4.78 is 10.3. The Labute approximate surface area is 122 Å². The van der Waals surface area contributed by atoms with Gasteiger partial charge in [-0.2, -0.15) is 0 Å². The maximum atomic E-state index is 11.2. The maximum Gasteiger partial charge on any atom is 0.345 e. The van der Waals surface area contributed by atoms with E-state index < -0.39 is 11.4 Å². The molecule has 0 aliphatic heterocycles. The third kappa shape index (κ3) is 5.59. The molecule has 1 aromatic carbocycles. The predicted octanol–water partition coefficient (Wildman–Crippen LogP) is 2.18. The lowest BCUT2D eigenvalue weighted by atomic mass is 10.2. The number of thiocarbonyl (C=S) groups is 1. The summed E-state index contributed by atoms with van der Waals surface area (Å²) >= 11 is 6.07. The highest BCUT2D eigenvalue weighted by atomic mass is 32.2. The molecule has 0 amide bonds. The molecule has 104 valence electrons. The highest BCUT2D eigenvalue weighted by Gasteiger charge is 2.18. The van der Waals surface area contributed by atoms with Gasteiger partial charge in [-0.05, 0) is 24.6 Å². The van der Waals surface area contributed by atoms with E-state index in [9.17, 15) is 9.90 Å². The number of hydrogen-bond acceptors (Lipinski definition) is 6. The van der Waals surface area contributed by atoms with Gasteiger partial charge in [0.05, 0.1) is 17.9 Å². The minimum Gasteiger partial charge on any atom is -0.497 e. The standard InChI is InChI=1S/C13H16O4S2/c1-3-17-12(14)13(15)19-11(18)8-9-4-6-10(16-2)7-5-9/h4-7,13,15H,3,8H2,1-2H3. The minimum atomic E-state index is -1.26. The lowest BCUT2D eigenvalue weighted by Gasteiger charge is -2.10. The first kappa shape index (κ1) is 15.9. The van der Waals surface area contributed by atoms with E-state index in [1.807, 2.05) is 24.3 Å². The number of carbonyl (C=O) groups is 1. The number of methoxy groups -OCH3 is 1. The third-order valence-electron chi connectivity index (χ3n) is 2.24. The number of ether oxygens (including phenoxy) is 2. The average Bonchev–Trinajstić information content (AvgIpc) is 2.39. The molecule has 4 nitrogen and oxygen atoms in total. The Morgan fingerprint density at radius 1 is 1.42 bits per heavy atom. The van der Waals surface area contributed by atoms with E-state index in [0.29, 0.717) is 10.6 Å². The fraction of sp³-hybridized carbons (Fsp3) is 0.385. The van der Waals surface area contributed by atoms with Gasteiger partial charge in [0.25, 0.3) is 0 Å². The van der Waals surface area contributed by atoms with Crippen LogP contribution in [0.5, 0.6) is 5.75 Å². The van der Waals surface area contributed by atoms with Gasteiger partial charge in [0.2, 0.25) is 5.44 Å². The van der Waals surface area contributed by atoms with Crippen molar-refractivity contribution in [3.63, 3.8) is 0 Å². The molecule has 0 radical (unpaired) electrons. The van der Waals surface area contributed by atoms with Gasteiger partial charge >= 0.3 is 5.97 Å². The van der Waals surface area contributed by atoms with Crippen LogP contribution >= 0.6 is 24.0 Å². The van der Waals surface area contributed by atoms with Gasteiger partial charge in [-0.15, -0.1) is 0 Å². The molecule has 1 rings (SSSR count). The zero-order chi connectivity index (χ0) is 14.3. The molecule has 0 saturated heterocycles. The predicted molar refractivity (Wildman–Crippen MR) is 79.5 cm³/mol. The Morgan fingerprint density at radius 2 is 2.05 bits per heavy atom. The van der Waals surface area contributed by atoms with Crippen molar-refractivity contribution >= 4 is 34.1 Å². The van der Waals surface area contributed by atoms with E-state index in [1.54, 1.807) is 14.0 Å². The summed E-state index contributed by atoms with van der Waals surface area (Å²) in [7, 11) is 1.60. The fourth-order valence-electron chi connectivity index (χ4n) is 1.34. The van der Waals surface area contributed by atoms with Crippen molar-refractivity contribution in [2.75, 3.05) is 13.7 Å². The Kier molecular flexibility index (Phi) is 6.83. The highest BCUT2D eigenvalue weighted by Crippen LogP contribution is 2.18. The van der Waals surface area contributed by atoms with Crippen LogP contribution in [-0.4, -0.2) is 34.4 Å². The zero-order valence-corrected chi connectivity index (χ0v) is 12.4. The van der Waals surface area contributed by atoms with Crippen LogP contribution in [0.15, 0.2) is 24.3 Å². The molecule has 0 saturated carbocycles. The number of benzene rings is 1. The zero-order valence-electron chi connectivity index (χ0n) is 10.8. The van der Waals surface area contributed by atoms with E-state index >= 15 is 0 Å². The molecule has 0 heterocycles. The van der Waals surface area contributed by atoms with E-state index in [-0.39, 0.29) is 6.61 Å². The third-order valence-corrected chi connectivity index (χ3v) is 3.49. The Balaban J connectivity index is 2.48. The number of hydrogen-bond donors (Lipinski definition) is 1. The molecule has 19 heavy (non-hydrogen) atoms. The molecular weight excluding hydrogens is 284 g/mol. The Bertz CT molecular complexity index is 431. The molecule has 1 unspecified atom stereocenters. The fourth-order valence-corrected chi connectivity index (χ4v) is 2.44. The molecule has 1 N–H and O–H groups in total. The van der Waals surface area contributed by atoms with Crippen molar-refractivity contribution < 1.29 is 19.4 Å². The monoisotopic (exact) mass is 300 g/mol. The number of thioether (sulfide) groups is 1. The molecule has 0 spiro atoms. The smallest absolute Gasteiger partial charge is 0.345 e. The van der Waals surface area contributed by atoms with Gasteiger partial charge in [-0.3, -0.25) is 0 Å². The SMILES string of the molecule is CCOC(=O)C(O)SC(=S)Cc1ccc(OC)cc1. The summed E-state index contributed by atoms with van der Waals surface area (Å²) in [6, 6.07) is 7.46. The van der Waals surface area contributed by atoms with Crippen LogP contribution in [0.2, 0.25) is 0 Å². The second kappa shape index (κ2) is 8.14. The van der Waals surface area contributed by atoms with Gasteiger partial charge in [0, 0.05) is 6.42 Å². The highest BCUT2D eigenvalue weighted by molar-refractivity contribution is 8.23. The van der Waals surface area contributed by atoms with Crippen molar-refractivity contribution in [3.8, 4) is 5.75 Å². The summed E-state index contributed by atoms with van der Waals surface area (Å²) in [6.07, 6.45) is 0.500. The number of carbonyl (C=O) groups excluding carboxylic acids is 1. The lowest BCUT2D eigenvalue weighted by Crippen LogP contribution is -2.21. The van der Waals surface area contributed by atoms with Crippen molar-refractivity contribution in [3.05, 3.63) is 29.8 Å². The quantitative estimate of drug-likeness (QED) is 0.494. The van der Waals surface area contributed by atoms with Gasteiger partial charge in [-0.25, -0.2) is 4.79 Å². The summed E-state index contributed by atoms with van der Waals surface area (Å²) in [4.78, 5) is 11.2. The van der Waals surface area contributed by atoms with Crippen molar-refractivity contribution in [1.82, 2.24) is 0 Å². The molecule has 0 aliphatic rings. The molecule has 0 bridgehead atoms. The average molecular weight is 300 g/mol. The summed E-state index contributed by atoms with van der Waals surface area (Å²) in [5.41, 5.74) is -0.264. The van der Waals surface area contributed by atoms with E-state index in [1.165, 1.54) is 0 Å². The Hall–Kier alpha value is -1.11. The first-order valence-electron chi connectivity index (χ1n) is 5.74. The number of esters is 1. The van der Waals surface area contributed by atoms with E-state index in [0.717, 1.165) is 23.1 Å². The molecular formula is C13H16O4S2. The normalized spacial score (nSPS) is 11.7. The summed E-state index contributed by atoms with van der Waals surface area (Å²) in [6.45, 7) is 1.92. The number of aliphatic hydroxyl groups is 1. The van der Waals surface area contributed by atoms with Gasteiger partial charge in [0.15, 0.2) is 0 Å². The maximum absolute atomic E-state index is 11.2. The van der Waals surface area contributed by atoms with E-state index in [2.05, 4.69) is 0 Å². The summed E-state index contributed by atoms with van der Waals surface area (Å²) in [5, 5.41) is 9.56. The second-order valence-electron chi connectivity index (χ2n) is 3.62. The minimum absolute atomic E-state index is 0.238. The summed E-state index contributed by atoms with van der Waals surface area (Å²) in [5.74, 6) is 0.110. The van der Waals surface area contributed by atoms with Gasteiger partial charge in [0.1, 0.15) is 5.75 Å². The molecule has 6 heteroatoms. The Morgan fingerprint density at radius 3 is 2.58 bits per heavy atom. The molecule has 1 aromatic rings. The second-order valence-corrected chi connectivity index (χ2v) is 5.55. The van der Waals surface area contributed by atoms with Crippen molar-refractivity contribution in [2.45, 2.75) is 18.8 Å². The van der Waals surface area contributed by atoms with Crippen LogP contribution < -0.4 is 4.74 Å². The molecule has 0 fully saturated rings. The van der Waals surface area contributed by atoms with Crippen LogP contribution in [0.1, 0.15) is 12.5 Å². The van der Waals surface area contributed by atoms with Crippen LogP contribution in [-0.2, 0) is 16.0 Å². The van der Waals surface area contributed by atoms with E-state index in [4.69, 9.17) is 21.7 Å². The number of aliphatic hydroxyl groups excluding tert-OH is 1. The number of rotatable bonds is 6. The van der Waals surface area contributed by atoms with Gasteiger partial charge < -0.3 is 14.6 Å². The largest absolute Gasteiger partial charge is 0.497 e. The molecule has 1 atom stereocenters. The topological polar surface area (TPSA) is 55.8 Å². The first-order valence-corrected chi connectivity index (χ1v) is 7.02. The van der Waals surface area contributed by atoms with Crippen LogP contribution in [0.4, 0.5) is 0 Å². The molecule has 0 aromatic heterocycles. The van der Waals surface area contributed by atoms with Crippen molar-refractivity contribution in [1.29, 1.82) is 0 Å². The first-order chi connectivity index (χ1) is 9.06. The van der Waals surface area contributed by atoms with Crippen molar-refractivity contribution in [2.24, 2.45) is 0 Å². The van der Waals surface area contributed by atoms with Crippen LogP contribution in [0.25, 0.3) is 0 Å².